The number of hydrogen-bond donors (Lipinski definition) is 1. The molecule has 0 radical (unpaired) electrons. The first-order chi connectivity index (χ1) is 11.9. The van der Waals surface area contributed by atoms with Crippen LogP contribution in [-0.2, 0) is 0 Å². The molecule has 4 aromatic rings. The van der Waals surface area contributed by atoms with Crippen LogP contribution in [0.4, 0.5) is 5.69 Å². The van der Waals surface area contributed by atoms with Crippen molar-refractivity contribution in [2.24, 2.45) is 5.10 Å². The zero-order chi connectivity index (χ0) is 16.2. The van der Waals surface area contributed by atoms with Gasteiger partial charge in [0.25, 0.3) is 0 Å². The van der Waals surface area contributed by atoms with E-state index < -0.39 is 0 Å². The number of aromatic nitrogens is 2. The number of nitrogens with one attached hydrogen (secondary N) is 1. The third kappa shape index (κ3) is 2.77. The van der Waals surface area contributed by atoms with Crippen molar-refractivity contribution in [3.63, 3.8) is 0 Å². The summed E-state index contributed by atoms with van der Waals surface area (Å²) in [7, 11) is 0. The standard InChI is InChI=1S/C20H16N4/c1-3-9-16(10-4-1)20-18(24-14-8-7-13-19(24)22-20)15-21-23-17-11-5-2-6-12-17/h1-15,23H. The molecule has 0 unspecified atom stereocenters. The first kappa shape index (κ1) is 14.2. The number of para-hydroxylation sites is 1. The lowest BCUT2D eigenvalue weighted by Crippen LogP contribution is -1.96. The van der Waals surface area contributed by atoms with E-state index in [1.165, 1.54) is 0 Å². The van der Waals surface area contributed by atoms with Crippen LogP contribution in [-0.4, -0.2) is 15.6 Å². The predicted octanol–water partition coefficient (Wildman–Crippen LogP) is 4.45. The zero-order valence-corrected chi connectivity index (χ0v) is 13.0. The Labute approximate surface area is 140 Å². The number of fused-ring (bicyclic) bond motifs is 1. The number of pyridine rings is 1. The van der Waals surface area contributed by atoms with Gasteiger partial charge in [0.05, 0.1) is 23.3 Å². The van der Waals surface area contributed by atoms with Crippen LogP contribution in [0.25, 0.3) is 16.9 Å². The Bertz CT molecular complexity index is 972. The summed E-state index contributed by atoms with van der Waals surface area (Å²) in [4.78, 5) is 4.75. The van der Waals surface area contributed by atoms with Crippen molar-refractivity contribution < 1.29 is 0 Å². The van der Waals surface area contributed by atoms with E-state index in [4.69, 9.17) is 4.98 Å². The van der Waals surface area contributed by atoms with Crippen molar-refractivity contribution in [1.29, 1.82) is 0 Å². The van der Waals surface area contributed by atoms with Gasteiger partial charge in [0.1, 0.15) is 5.65 Å². The molecule has 4 rings (SSSR count). The lowest BCUT2D eigenvalue weighted by atomic mass is 10.1. The minimum Gasteiger partial charge on any atom is -0.298 e. The Morgan fingerprint density at radius 1 is 0.833 bits per heavy atom. The van der Waals surface area contributed by atoms with Crippen molar-refractivity contribution in [2.45, 2.75) is 0 Å². The highest BCUT2D eigenvalue weighted by atomic mass is 15.3. The molecule has 24 heavy (non-hydrogen) atoms. The molecule has 0 aliphatic carbocycles. The fourth-order valence-corrected chi connectivity index (χ4v) is 2.63. The summed E-state index contributed by atoms with van der Waals surface area (Å²) in [5.41, 5.74) is 7.84. The van der Waals surface area contributed by atoms with Crippen molar-refractivity contribution in [3.8, 4) is 11.3 Å². The maximum atomic E-state index is 4.75. The van der Waals surface area contributed by atoms with E-state index in [1.807, 2.05) is 83.5 Å². The van der Waals surface area contributed by atoms with Gasteiger partial charge in [-0.3, -0.25) is 9.83 Å². The second kappa shape index (κ2) is 6.38. The van der Waals surface area contributed by atoms with Gasteiger partial charge >= 0.3 is 0 Å². The average molecular weight is 312 g/mol. The smallest absolute Gasteiger partial charge is 0.137 e. The summed E-state index contributed by atoms with van der Waals surface area (Å²) in [5, 5.41) is 4.38. The van der Waals surface area contributed by atoms with E-state index in [-0.39, 0.29) is 0 Å². The van der Waals surface area contributed by atoms with E-state index in [9.17, 15) is 0 Å². The molecule has 0 aliphatic heterocycles. The van der Waals surface area contributed by atoms with Gasteiger partial charge in [-0.2, -0.15) is 5.10 Å². The molecular formula is C20H16N4. The van der Waals surface area contributed by atoms with Gasteiger partial charge in [-0.25, -0.2) is 4.98 Å². The first-order valence-corrected chi connectivity index (χ1v) is 7.78. The van der Waals surface area contributed by atoms with Crippen molar-refractivity contribution in [2.75, 3.05) is 5.43 Å². The average Bonchev–Trinajstić information content (AvgIpc) is 3.02. The highest BCUT2D eigenvalue weighted by molar-refractivity contribution is 5.89. The topological polar surface area (TPSA) is 41.7 Å². The largest absolute Gasteiger partial charge is 0.298 e. The predicted molar refractivity (Wildman–Crippen MR) is 98.3 cm³/mol. The van der Waals surface area contributed by atoms with Crippen molar-refractivity contribution >= 4 is 17.5 Å². The highest BCUT2D eigenvalue weighted by Crippen LogP contribution is 2.23. The van der Waals surface area contributed by atoms with Gasteiger partial charge < -0.3 is 0 Å². The van der Waals surface area contributed by atoms with Gasteiger partial charge in [-0.15, -0.1) is 0 Å². The van der Waals surface area contributed by atoms with Crippen LogP contribution >= 0.6 is 0 Å². The molecular weight excluding hydrogens is 296 g/mol. The fraction of sp³-hybridized carbons (Fsp3) is 0. The van der Waals surface area contributed by atoms with Gasteiger partial charge in [-0.05, 0) is 24.3 Å². The lowest BCUT2D eigenvalue weighted by Gasteiger charge is -2.01. The summed E-state index contributed by atoms with van der Waals surface area (Å²) in [5.74, 6) is 0. The van der Waals surface area contributed by atoms with Gasteiger partial charge in [0, 0.05) is 11.8 Å². The summed E-state index contributed by atoms with van der Waals surface area (Å²) in [6, 6.07) is 26.0. The Morgan fingerprint density at radius 2 is 1.54 bits per heavy atom. The van der Waals surface area contributed by atoms with Crippen LogP contribution in [0.15, 0.2) is 90.2 Å². The first-order valence-electron chi connectivity index (χ1n) is 7.78. The van der Waals surface area contributed by atoms with E-state index in [1.54, 1.807) is 0 Å². The minimum absolute atomic E-state index is 0.900. The lowest BCUT2D eigenvalue weighted by molar-refractivity contribution is 1.17. The number of imidazole rings is 1. The number of rotatable bonds is 4. The quantitative estimate of drug-likeness (QED) is 0.447. The minimum atomic E-state index is 0.900. The van der Waals surface area contributed by atoms with E-state index in [2.05, 4.69) is 22.7 Å². The summed E-state index contributed by atoms with van der Waals surface area (Å²) >= 11 is 0. The third-order valence-electron chi connectivity index (χ3n) is 3.77. The molecule has 2 heterocycles. The molecule has 1 N–H and O–H groups in total. The van der Waals surface area contributed by atoms with Crippen LogP contribution in [0, 0.1) is 0 Å². The summed E-state index contributed by atoms with van der Waals surface area (Å²) < 4.78 is 2.04. The number of hydrogen-bond acceptors (Lipinski definition) is 3. The monoisotopic (exact) mass is 312 g/mol. The van der Waals surface area contributed by atoms with E-state index >= 15 is 0 Å². The molecule has 116 valence electrons. The molecule has 0 spiro atoms. The SMILES string of the molecule is C(=NNc1ccccc1)c1c(-c2ccccc2)nc2ccccn12. The van der Waals surface area contributed by atoms with Gasteiger partial charge in [0.2, 0.25) is 0 Å². The van der Waals surface area contributed by atoms with Crippen molar-refractivity contribution in [3.05, 3.63) is 90.8 Å². The van der Waals surface area contributed by atoms with Gasteiger partial charge in [-0.1, -0.05) is 54.6 Å². The highest BCUT2D eigenvalue weighted by Gasteiger charge is 2.11. The zero-order valence-electron chi connectivity index (χ0n) is 13.0. The normalized spacial score (nSPS) is 11.2. The Balaban J connectivity index is 1.75. The second-order valence-electron chi connectivity index (χ2n) is 5.38. The molecule has 0 amide bonds. The molecule has 0 aliphatic rings. The molecule has 4 heteroatoms. The number of benzene rings is 2. The third-order valence-corrected chi connectivity index (χ3v) is 3.77. The molecule has 0 saturated carbocycles. The maximum absolute atomic E-state index is 4.75. The van der Waals surface area contributed by atoms with E-state index in [0.29, 0.717) is 0 Å². The van der Waals surface area contributed by atoms with Crippen molar-refractivity contribution in [1.82, 2.24) is 9.38 Å². The van der Waals surface area contributed by atoms with Crippen LogP contribution in [0.5, 0.6) is 0 Å². The van der Waals surface area contributed by atoms with Gasteiger partial charge in [0.15, 0.2) is 0 Å². The molecule has 0 atom stereocenters. The Hall–Kier alpha value is -3.40. The van der Waals surface area contributed by atoms with Crippen LogP contribution in [0.1, 0.15) is 5.69 Å². The number of hydrazone groups is 1. The Kier molecular flexibility index (Phi) is 3.78. The molecule has 0 bridgehead atoms. The van der Waals surface area contributed by atoms with Crippen LogP contribution in [0.2, 0.25) is 0 Å². The molecule has 0 fully saturated rings. The molecule has 2 aromatic heterocycles. The summed E-state index contributed by atoms with van der Waals surface area (Å²) in [6.07, 6.45) is 3.81. The molecule has 2 aromatic carbocycles. The van der Waals surface area contributed by atoms with Crippen LogP contribution in [0.3, 0.4) is 0 Å². The van der Waals surface area contributed by atoms with Crippen LogP contribution < -0.4 is 5.43 Å². The maximum Gasteiger partial charge on any atom is 0.137 e. The summed E-state index contributed by atoms with van der Waals surface area (Å²) in [6.45, 7) is 0. The molecule has 4 nitrogen and oxygen atoms in total. The Morgan fingerprint density at radius 3 is 2.33 bits per heavy atom. The number of nitrogens with zero attached hydrogens (tertiary/aromatic N) is 3. The second-order valence-corrected chi connectivity index (χ2v) is 5.38. The number of anilines is 1. The fourth-order valence-electron chi connectivity index (χ4n) is 2.63. The molecule has 0 saturated heterocycles. The van der Waals surface area contributed by atoms with E-state index in [0.717, 1.165) is 28.3 Å².